The van der Waals surface area contributed by atoms with Crippen molar-refractivity contribution in [1.82, 2.24) is 10.2 Å². The van der Waals surface area contributed by atoms with Crippen LogP contribution in [0.25, 0.3) is 0 Å². The van der Waals surface area contributed by atoms with Crippen LogP contribution in [0.5, 0.6) is 0 Å². The van der Waals surface area contributed by atoms with E-state index in [-0.39, 0.29) is 11.2 Å². The van der Waals surface area contributed by atoms with Gasteiger partial charge in [0.2, 0.25) is 5.91 Å². The molecule has 0 spiro atoms. The molecule has 2 aromatic rings. The molecule has 0 fully saturated rings. The van der Waals surface area contributed by atoms with E-state index in [1.165, 1.54) is 23.1 Å². The third kappa shape index (κ3) is 3.58. The van der Waals surface area contributed by atoms with Gasteiger partial charge in [-0.1, -0.05) is 41.3 Å². The molecule has 0 bridgehead atoms. The highest BCUT2D eigenvalue weighted by Gasteiger charge is 2.18. The summed E-state index contributed by atoms with van der Waals surface area (Å²) in [6.07, 6.45) is 0. The Bertz CT molecular complexity index is 604. The van der Waals surface area contributed by atoms with Crippen molar-refractivity contribution in [3.63, 3.8) is 0 Å². The lowest BCUT2D eigenvalue weighted by molar-refractivity contribution is -0.115. The monoisotopic (exact) mass is 307 g/mol. The predicted octanol–water partition coefficient (Wildman–Crippen LogP) is 3.58. The second-order valence-electron chi connectivity index (χ2n) is 4.60. The molecule has 4 nitrogen and oxygen atoms in total. The molecule has 1 amide bonds. The highest BCUT2D eigenvalue weighted by atomic mass is 32.2. The van der Waals surface area contributed by atoms with E-state index < -0.39 is 0 Å². The fourth-order valence-corrected chi connectivity index (χ4v) is 3.73. The maximum atomic E-state index is 12.3. The number of amides is 1. The summed E-state index contributed by atoms with van der Waals surface area (Å²) in [5.74, 6) is -0.0137. The van der Waals surface area contributed by atoms with Crippen LogP contribution in [0.15, 0.2) is 22.5 Å². The molecule has 1 N–H and O–H groups in total. The molecule has 0 aliphatic rings. The Morgan fingerprint density at radius 2 is 1.90 bits per heavy atom. The van der Waals surface area contributed by atoms with E-state index in [1.807, 2.05) is 45.9 Å². The second-order valence-corrected chi connectivity index (χ2v) is 7.37. The van der Waals surface area contributed by atoms with Crippen LogP contribution in [0.4, 0.5) is 5.69 Å². The molecule has 0 saturated carbocycles. The van der Waals surface area contributed by atoms with E-state index in [0.29, 0.717) is 0 Å². The van der Waals surface area contributed by atoms with Crippen LogP contribution >= 0.6 is 23.1 Å². The number of hydrogen-bond donors (Lipinski definition) is 1. The molecule has 20 heavy (non-hydrogen) atoms. The van der Waals surface area contributed by atoms with Crippen molar-refractivity contribution in [3.05, 3.63) is 34.3 Å². The number of rotatable bonds is 4. The van der Waals surface area contributed by atoms with Crippen molar-refractivity contribution in [2.75, 3.05) is 5.32 Å². The molecule has 2 rings (SSSR count). The molecule has 0 radical (unpaired) electrons. The van der Waals surface area contributed by atoms with Gasteiger partial charge in [-0.2, -0.15) is 0 Å². The minimum atomic E-state index is -0.207. The predicted molar refractivity (Wildman–Crippen MR) is 84.5 cm³/mol. The first-order chi connectivity index (χ1) is 9.47. The van der Waals surface area contributed by atoms with Gasteiger partial charge in [-0.05, 0) is 38.8 Å². The molecule has 6 heteroatoms. The number of carbonyl (C=O) groups excluding carboxylic acids is 1. The summed E-state index contributed by atoms with van der Waals surface area (Å²) in [6.45, 7) is 7.77. The number of aromatic nitrogens is 2. The first-order valence-corrected chi connectivity index (χ1v) is 8.01. The molecular weight excluding hydrogens is 290 g/mol. The van der Waals surface area contributed by atoms with Crippen molar-refractivity contribution in [2.24, 2.45) is 0 Å². The summed E-state index contributed by atoms with van der Waals surface area (Å²) in [5.41, 5.74) is 3.04. The number of thioether (sulfide) groups is 1. The Hall–Kier alpha value is -1.40. The van der Waals surface area contributed by atoms with Gasteiger partial charge in [0.15, 0.2) is 4.34 Å². The Labute approximate surface area is 127 Å². The summed E-state index contributed by atoms with van der Waals surface area (Å²) in [5, 5.41) is 11.7. The fourth-order valence-electron chi connectivity index (χ4n) is 1.77. The van der Waals surface area contributed by atoms with Crippen molar-refractivity contribution in [2.45, 2.75) is 37.3 Å². The van der Waals surface area contributed by atoms with Crippen LogP contribution in [0.1, 0.15) is 23.1 Å². The van der Waals surface area contributed by atoms with E-state index in [1.54, 1.807) is 0 Å². The number of aryl methyl sites for hydroxylation is 3. The maximum Gasteiger partial charge on any atom is 0.237 e. The Morgan fingerprint density at radius 3 is 2.45 bits per heavy atom. The maximum absolute atomic E-state index is 12.3. The van der Waals surface area contributed by atoms with Crippen molar-refractivity contribution in [3.8, 4) is 0 Å². The van der Waals surface area contributed by atoms with Gasteiger partial charge in [0.25, 0.3) is 0 Å². The van der Waals surface area contributed by atoms with Crippen molar-refractivity contribution in [1.29, 1.82) is 0 Å². The van der Waals surface area contributed by atoms with Crippen LogP contribution in [-0.4, -0.2) is 21.4 Å². The van der Waals surface area contributed by atoms with Crippen molar-refractivity contribution >= 4 is 34.7 Å². The van der Waals surface area contributed by atoms with Crippen LogP contribution in [0.2, 0.25) is 0 Å². The number of anilines is 1. The zero-order valence-electron chi connectivity index (χ0n) is 11.9. The number of para-hydroxylation sites is 1. The lowest BCUT2D eigenvalue weighted by Crippen LogP contribution is -2.23. The van der Waals surface area contributed by atoms with Gasteiger partial charge >= 0.3 is 0 Å². The van der Waals surface area contributed by atoms with Gasteiger partial charge in [0.1, 0.15) is 5.01 Å². The van der Waals surface area contributed by atoms with Gasteiger partial charge in [-0.15, -0.1) is 10.2 Å². The number of benzene rings is 1. The van der Waals surface area contributed by atoms with E-state index >= 15 is 0 Å². The first kappa shape index (κ1) is 15.0. The smallest absolute Gasteiger partial charge is 0.237 e. The topological polar surface area (TPSA) is 54.9 Å². The lowest BCUT2D eigenvalue weighted by atomic mass is 10.1. The Balaban J connectivity index is 2.04. The number of carbonyl (C=O) groups is 1. The van der Waals surface area contributed by atoms with Crippen molar-refractivity contribution < 1.29 is 4.79 Å². The second kappa shape index (κ2) is 6.37. The summed E-state index contributed by atoms with van der Waals surface area (Å²) in [6, 6.07) is 5.98. The van der Waals surface area contributed by atoms with Gasteiger partial charge in [0, 0.05) is 5.69 Å². The number of hydrogen-bond acceptors (Lipinski definition) is 5. The SMILES string of the molecule is Cc1nnc(SC(C)C(=O)Nc2c(C)cccc2C)s1. The zero-order valence-corrected chi connectivity index (χ0v) is 13.6. The average Bonchev–Trinajstić information content (AvgIpc) is 2.79. The molecule has 1 aromatic heterocycles. The summed E-state index contributed by atoms with van der Waals surface area (Å²) < 4.78 is 0.826. The van der Waals surface area contributed by atoms with Crippen LogP contribution in [0, 0.1) is 20.8 Å². The third-order valence-electron chi connectivity index (χ3n) is 2.88. The lowest BCUT2D eigenvalue weighted by Gasteiger charge is -2.14. The quantitative estimate of drug-likeness (QED) is 0.877. The van der Waals surface area contributed by atoms with Crippen LogP contribution in [-0.2, 0) is 4.79 Å². The zero-order chi connectivity index (χ0) is 14.7. The Morgan fingerprint density at radius 1 is 1.25 bits per heavy atom. The van der Waals surface area contributed by atoms with E-state index in [0.717, 1.165) is 26.2 Å². The highest BCUT2D eigenvalue weighted by molar-refractivity contribution is 8.02. The highest BCUT2D eigenvalue weighted by Crippen LogP contribution is 2.27. The molecule has 1 heterocycles. The van der Waals surface area contributed by atoms with Gasteiger partial charge in [-0.25, -0.2) is 0 Å². The molecule has 0 saturated heterocycles. The van der Waals surface area contributed by atoms with Gasteiger partial charge < -0.3 is 5.32 Å². The van der Waals surface area contributed by atoms with Crippen LogP contribution < -0.4 is 5.32 Å². The molecular formula is C14H17N3OS2. The molecule has 1 unspecified atom stereocenters. The molecule has 0 aliphatic carbocycles. The molecule has 1 aromatic carbocycles. The van der Waals surface area contributed by atoms with E-state index in [4.69, 9.17) is 0 Å². The first-order valence-electron chi connectivity index (χ1n) is 6.31. The summed E-state index contributed by atoms with van der Waals surface area (Å²) >= 11 is 2.94. The average molecular weight is 307 g/mol. The standard InChI is InChI=1S/C14H17N3OS2/c1-8-6-5-7-9(2)12(8)15-13(18)10(3)19-14-17-16-11(4)20-14/h5-7,10H,1-4H3,(H,15,18). The van der Waals surface area contributed by atoms with E-state index in [9.17, 15) is 4.79 Å². The van der Waals surface area contributed by atoms with E-state index in [2.05, 4.69) is 15.5 Å². The number of nitrogens with zero attached hydrogens (tertiary/aromatic N) is 2. The normalized spacial score (nSPS) is 12.2. The molecule has 1 atom stereocenters. The minimum Gasteiger partial charge on any atom is -0.325 e. The minimum absolute atomic E-state index is 0.0137. The third-order valence-corrected chi connectivity index (χ3v) is 4.91. The van der Waals surface area contributed by atoms with Gasteiger partial charge in [0.05, 0.1) is 5.25 Å². The summed E-state index contributed by atoms with van der Waals surface area (Å²) in [4.78, 5) is 12.3. The number of nitrogens with one attached hydrogen (secondary N) is 1. The fraction of sp³-hybridized carbons (Fsp3) is 0.357. The van der Waals surface area contributed by atoms with Gasteiger partial charge in [-0.3, -0.25) is 4.79 Å². The van der Waals surface area contributed by atoms with Crippen LogP contribution in [0.3, 0.4) is 0 Å². The Kier molecular flexibility index (Phi) is 4.77. The summed E-state index contributed by atoms with van der Waals surface area (Å²) in [7, 11) is 0. The molecule has 106 valence electrons. The molecule has 0 aliphatic heterocycles. The largest absolute Gasteiger partial charge is 0.325 e.